The second-order valence-electron chi connectivity index (χ2n) is 4.86. The van der Waals surface area contributed by atoms with Gasteiger partial charge in [-0.25, -0.2) is 4.98 Å². The molecular formula is C16H14N4O2. The number of benzene rings is 1. The van der Waals surface area contributed by atoms with E-state index in [-0.39, 0.29) is 5.91 Å². The van der Waals surface area contributed by atoms with Crippen molar-refractivity contribution in [2.24, 2.45) is 11.0 Å². The van der Waals surface area contributed by atoms with E-state index in [2.05, 4.69) is 15.4 Å². The fourth-order valence-electron chi connectivity index (χ4n) is 2.26. The maximum atomic E-state index is 12.5. The molecule has 0 fully saturated rings. The number of anilines is 2. The van der Waals surface area contributed by atoms with Gasteiger partial charge in [0.05, 0.1) is 11.4 Å². The predicted molar refractivity (Wildman–Crippen MR) is 83.4 cm³/mol. The van der Waals surface area contributed by atoms with Gasteiger partial charge in [0, 0.05) is 6.20 Å². The van der Waals surface area contributed by atoms with Gasteiger partial charge in [0.2, 0.25) is 5.91 Å². The molecule has 1 atom stereocenters. The number of rotatable bonds is 3. The van der Waals surface area contributed by atoms with Crippen LogP contribution in [0, 0.1) is 5.92 Å². The van der Waals surface area contributed by atoms with Crippen LogP contribution >= 0.6 is 0 Å². The molecule has 1 N–H and O–H groups in total. The van der Waals surface area contributed by atoms with Gasteiger partial charge in [-0.3, -0.25) is 9.59 Å². The molecule has 2 heterocycles. The van der Waals surface area contributed by atoms with E-state index in [0.29, 0.717) is 17.2 Å². The van der Waals surface area contributed by atoms with E-state index in [1.165, 1.54) is 5.01 Å². The zero-order chi connectivity index (χ0) is 15.5. The molecule has 1 unspecified atom stereocenters. The van der Waals surface area contributed by atoms with E-state index in [1.807, 2.05) is 18.2 Å². The molecule has 2 aromatic rings. The average Bonchev–Trinajstić information content (AvgIpc) is 2.84. The van der Waals surface area contributed by atoms with Gasteiger partial charge in [-0.1, -0.05) is 24.3 Å². The quantitative estimate of drug-likeness (QED) is 0.880. The van der Waals surface area contributed by atoms with E-state index in [9.17, 15) is 9.59 Å². The Labute approximate surface area is 127 Å². The number of carbonyl (C=O) groups is 2. The van der Waals surface area contributed by atoms with Gasteiger partial charge < -0.3 is 5.32 Å². The normalized spacial score (nSPS) is 17.3. The van der Waals surface area contributed by atoms with Gasteiger partial charge in [0.1, 0.15) is 5.82 Å². The molecule has 6 nitrogen and oxygen atoms in total. The number of nitrogens with zero attached hydrogens (tertiary/aromatic N) is 3. The summed E-state index contributed by atoms with van der Waals surface area (Å²) < 4.78 is 0. The first kappa shape index (κ1) is 13.9. The van der Waals surface area contributed by atoms with Crippen molar-refractivity contribution in [1.82, 2.24) is 4.98 Å². The highest BCUT2D eigenvalue weighted by Gasteiger charge is 2.39. The Morgan fingerprint density at radius 2 is 1.86 bits per heavy atom. The molecule has 0 bridgehead atoms. The number of para-hydroxylation sites is 1. The number of pyridine rings is 1. The van der Waals surface area contributed by atoms with Crippen molar-refractivity contribution in [3.63, 3.8) is 0 Å². The zero-order valence-corrected chi connectivity index (χ0v) is 11.9. The standard InChI is InChI=1S/C16H14N4O2/c1-11-14(15(21)18-13-9-5-6-10-17-13)16(22)20(19-11)12-7-3-2-4-8-12/h2-10,14H,1H3,(H,17,18,21). The molecule has 1 aliphatic rings. The highest BCUT2D eigenvalue weighted by molar-refractivity contribution is 6.28. The van der Waals surface area contributed by atoms with Gasteiger partial charge in [-0.15, -0.1) is 0 Å². The molecule has 22 heavy (non-hydrogen) atoms. The Bertz CT molecular complexity index is 728. The molecule has 0 saturated heterocycles. The van der Waals surface area contributed by atoms with Gasteiger partial charge in [0.15, 0.2) is 5.92 Å². The van der Waals surface area contributed by atoms with E-state index in [4.69, 9.17) is 0 Å². The number of nitrogens with one attached hydrogen (secondary N) is 1. The zero-order valence-electron chi connectivity index (χ0n) is 11.9. The summed E-state index contributed by atoms with van der Waals surface area (Å²) in [6.07, 6.45) is 1.57. The Morgan fingerprint density at radius 3 is 2.55 bits per heavy atom. The lowest BCUT2D eigenvalue weighted by Gasteiger charge is -2.14. The summed E-state index contributed by atoms with van der Waals surface area (Å²) in [5.74, 6) is -1.31. The molecular weight excluding hydrogens is 280 g/mol. The summed E-state index contributed by atoms with van der Waals surface area (Å²) in [6, 6.07) is 14.2. The van der Waals surface area contributed by atoms with Crippen LogP contribution in [-0.4, -0.2) is 22.5 Å². The summed E-state index contributed by atoms with van der Waals surface area (Å²) in [7, 11) is 0. The monoisotopic (exact) mass is 294 g/mol. The Morgan fingerprint density at radius 1 is 1.14 bits per heavy atom. The van der Waals surface area contributed by atoms with Gasteiger partial charge >= 0.3 is 0 Å². The molecule has 0 spiro atoms. The van der Waals surface area contributed by atoms with Crippen LogP contribution in [0.1, 0.15) is 6.92 Å². The molecule has 1 aromatic heterocycles. The number of amides is 2. The number of hydrazone groups is 1. The SMILES string of the molecule is CC1=NN(c2ccccc2)C(=O)C1C(=O)Nc1ccccn1. The highest BCUT2D eigenvalue weighted by Crippen LogP contribution is 2.24. The number of hydrogen-bond acceptors (Lipinski definition) is 4. The lowest BCUT2D eigenvalue weighted by Crippen LogP contribution is -2.36. The summed E-state index contributed by atoms with van der Waals surface area (Å²) >= 11 is 0. The largest absolute Gasteiger partial charge is 0.310 e. The molecule has 0 radical (unpaired) electrons. The molecule has 1 aromatic carbocycles. The minimum absolute atomic E-state index is 0.364. The minimum atomic E-state index is -0.929. The van der Waals surface area contributed by atoms with Crippen LogP contribution in [0.4, 0.5) is 11.5 Å². The van der Waals surface area contributed by atoms with E-state index >= 15 is 0 Å². The summed E-state index contributed by atoms with van der Waals surface area (Å²) in [6.45, 7) is 1.67. The lowest BCUT2D eigenvalue weighted by molar-refractivity contribution is -0.127. The first-order valence-corrected chi connectivity index (χ1v) is 6.83. The smallest absolute Gasteiger partial charge is 0.265 e. The first-order valence-electron chi connectivity index (χ1n) is 6.83. The molecule has 1 aliphatic heterocycles. The van der Waals surface area contributed by atoms with Gasteiger partial charge in [-0.2, -0.15) is 10.1 Å². The molecule has 0 aliphatic carbocycles. The maximum absolute atomic E-state index is 12.5. The van der Waals surface area contributed by atoms with Crippen LogP contribution in [0.3, 0.4) is 0 Å². The van der Waals surface area contributed by atoms with Crippen LogP contribution in [0.25, 0.3) is 0 Å². The van der Waals surface area contributed by atoms with Gasteiger partial charge in [-0.05, 0) is 31.2 Å². The third kappa shape index (κ3) is 2.58. The fraction of sp³-hybridized carbons (Fsp3) is 0.125. The second kappa shape index (κ2) is 5.77. The topological polar surface area (TPSA) is 74.7 Å². The number of hydrogen-bond donors (Lipinski definition) is 1. The van der Waals surface area contributed by atoms with Crippen molar-refractivity contribution < 1.29 is 9.59 Å². The highest BCUT2D eigenvalue weighted by atomic mass is 16.2. The predicted octanol–water partition coefficient (Wildman–Crippen LogP) is 2.06. The molecule has 6 heteroatoms. The van der Waals surface area contributed by atoms with Crippen LogP contribution < -0.4 is 10.3 Å². The van der Waals surface area contributed by atoms with E-state index in [0.717, 1.165) is 0 Å². The number of carbonyl (C=O) groups excluding carboxylic acids is 2. The summed E-state index contributed by atoms with van der Waals surface area (Å²) in [5.41, 5.74) is 1.10. The van der Waals surface area contributed by atoms with E-state index < -0.39 is 11.8 Å². The molecule has 0 saturated carbocycles. The lowest BCUT2D eigenvalue weighted by atomic mass is 10.0. The van der Waals surface area contributed by atoms with E-state index in [1.54, 1.807) is 43.5 Å². The molecule has 3 rings (SSSR count). The van der Waals surface area contributed by atoms with Crippen molar-refractivity contribution in [3.8, 4) is 0 Å². The summed E-state index contributed by atoms with van der Waals surface area (Å²) in [4.78, 5) is 28.8. The Hall–Kier alpha value is -3.02. The van der Waals surface area contributed by atoms with Crippen molar-refractivity contribution >= 4 is 29.0 Å². The van der Waals surface area contributed by atoms with Crippen molar-refractivity contribution in [2.75, 3.05) is 10.3 Å². The third-order valence-corrected chi connectivity index (χ3v) is 3.31. The second-order valence-corrected chi connectivity index (χ2v) is 4.86. The van der Waals surface area contributed by atoms with Crippen molar-refractivity contribution in [3.05, 3.63) is 54.7 Å². The van der Waals surface area contributed by atoms with Crippen LogP contribution in [0.5, 0.6) is 0 Å². The number of aromatic nitrogens is 1. The molecule has 2 amide bonds. The Balaban J connectivity index is 1.80. The third-order valence-electron chi connectivity index (χ3n) is 3.31. The first-order chi connectivity index (χ1) is 10.7. The van der Waals surface area contributed by atoms with Crippen LogP contribution in [-0.2, 0) is 9.59 Å². The average molecular weight is 294 g/mol. The van der Waals surface area contributed by atoms with Crippen LogP contribution in [0.15, 0.2) is 59.8 Å². The van der Waals surface area contributed by atoms with Crippen molar-refractivity contribution in [1.29, 1.82) is 0 Å². The maximum Gasteiger partial charge on any atom is 0.265 e. The fourth-order valence-corrected chi connectivity index (χ4v) is 2.26. The van der Waals surface area contributed by atoms with Crippen molar-refractivity contribution in [2.45, 2.75) is 6.92 Å². The van der Waals surface area contributed by atoms with Gasteiger partial charge in [0.25, 0.3) is 5.91 Å². The van der Waals surface area contributed by atoms with Crippen LogP contribution in [0.2, 0.25) is 0 Å². The molecule has 110 valence electrons. The summed E-state index contributed by atoms with van der Waals surface area (Å²) in [5, 5.41) is 8.10. The minimum Gasteiger partial charge on any atom is -0.310 e. The Kier molecular flexibility index (Phi) is 3.65.